The molecule has 0 radical (unpaired) electrons. The van der Waals surface area contributed by atoms with Gasteiger partial charge in [-0.2, -0.15) is 0 Å². The third-order valence-electron chi connectivity index (χ3n) is 4.66. The molecule has 1 saturated heterocycles. The highest BCUT2D eigenvalue weighted by molar-refractivity contribution is 5.94. The van der Waals surface area contributed by atoms with E-state index in [1.54, 1.807) is 42.6 Å². The number of methoxy groups -OCH3 is 1. The van der Waals surface area contributed by atoms with E-state index in [-0.39, 0.29) is 11.9 Å². The molecule has 0 aliphatic carbocycles. The molecule has 0 spiro atoms. The van der Waals surface area contributed by atoms with Crippen LogP contribution in [0.15, 0.2) is 42.6 Å². The van der Waals surface area contributed by atoms with Crippen LogP contribution in [-0.2, 0) is 4.74 Å². The van der Waals surface area contributed by atoms with E-state index in [1.807, 2.05) is 4.90 Å². The monoisotopic (exact) mass is 353 g/mol. The minimum absolute atomic E-state index is 0.0402. The first-order chi connectivity index (χ1) is 12.6. The van der Waals surface area contributed by atoms with Crippen molar-refractivity contribution in [2.45, 2.75) is 19.8 Å². The zero-order valence-corrected chi connectivity index (χ0v) is 15.1. The first-order valence-electron chi connectivity index (χ1n) is 8.77. The van der Waals surface area contributed by atoms with Crippen LogP contribution in [0.2, 0.25) is 0 Å². The summed E-state index contributed by atoms with van der Waals surface area (Å²) in [5.74, 6) is 0.997. The number of amides is 1. The van der Waals surface area contributed by atoms with E-state index in [4.69, 9.17) is 0 Å². The van der Waals surface area contributed by atoms with Gasteiger partial charge in [0.25, 0.3) is 5.91 Å². The van der Waals surface area contributed by atoms with Gasteiger partial charge in [0.1, 0.15) is 5.82 Å². The molecule has 1 aliphatic heterocycles. The van der Waals surface area contributed by atoms with Gasteiger partial charge in [-0.1, -0.05) is 6.92 Å². The van der Waals surface area contributed by atoms with Crippen molar-refractivity contribution in [1.82, 2.24) is 9.88 Å². The van der Waals surface area contributed by atoms with Crippen LogP contribution in [0.5, 0.6) is 0 Å². The van der Waals surface area contributed by atoms with E-state index in [1.165, 1.54) is 7.11 Å². The lowest BCUT2D eigenvalue weighted by atomic mass is 9.99. The molecule has 1 amide bonds. The van der Waals surface area contributed by atoms with Crippen molar-refractivity contribution in [3.8, 4) is 0 Å². The molecule has 1 N–H and O–H groups in total. The number of ether oxygens (including phenoxy) is 1. The van der Waals surface area contributed by atoms with Gasteiger partial charge in [0.2, 0.25) is 0 Å². The Morgan fingerprint density at radius 1 is 1.08 bits per heavy atom. The van der Waals surface area contributed by atoms with Crippen LogP contribution in [0.3, 0.4) is 0 Å². The first kappa shape index (κ1) is 17.9. The largest absolute Gasteiger partial charge is 0.465 e. The summed E-state index contributed by atoms with van der Waals surface area (Å²) in [6.07, 6.45) is 3.71. The summed E-state index contributed by atoms with van der Waals surface area (Å²) in [7, 11) is 1.35. The standard InChI is InChI=1S/C20H23N3O3/c1-14-9-11-23(12-10-14)19(24)16-5-8-18(21-13-16)22-17-6-3-15(4-7-17)20(25)26-2/h3-8,13-14H,9-12H2,1-2H3,(H,21,22). The molecule has 26 heavy (non-hydrogen) atoms. The summed E-state index contributed by atoms with van der Waals surface area (Å²) in [4.78, 5) is 30.2. The van der Waals surface area contributed by atoms with Crippen molar-refractivity contribution in [3.63, 3.8) is 0 Å². The van der Waals surface area contributed by atoms with Crippen LogP contribution < -0.4 is 5.32 Å². The van der Waals surface area contributed by atoms with Gasteiger partial charge < -0.3 is 15.0 Å². The smallest absolute Gasteiger partial charge is 0.337 e. The van der Waals surface area contributed by atoms with Gasteiger partial charge >= 0.3 is 5.97 Å². The predicted octanol–water partition coefficient (Wildman–Crippen LogP) is 3.48. The highest BCUT2D eigenvalue weighted by Gasteiger charge is 2.21. The second kappa shape index (κ2) is 7.99. The van der Waals surface area contributed by atoms with Crippen molar-refractivity contribution < 1.29 is 14.3 Å². The molecule has 1 aromatic carbocycles. The summed E-state index contributed by atoms with van der Waals surface area (Å²) in [6, 6.07) is 10.5. The highest BCUT2D eigenvalue weighted by atomic mass is 16.5. The van der Waals surface area contributed by atoms with E-state index in [0.29, 0.717) is 22.9 Å². The summed E-state index contributed by atoms with van der Waals surface area (Å²) in [5, 5.41) is 3.15. The van der Waals surface area contributed by atoms with E-state index in [2.05, 4.69) is 22.0 Å². The van der Waals surface area contributed by atoms with Gasteiger partial charge in [0.05, 0.1) is 18.2 Å². The Kier molecular flexibility index (Phi) is 5.51. The Hall–Kier alpha value is -2.89. The first-order valence-corrected chi connectivity index (χ1v) is 8.77. The number of carbonyl (C=O) groups is 2. The van der Waals surface area contributed by atoms with Gasteiger partial charge in [-0.15, -0.1) is 0 Å². The number of likely N-dealkylation sites (tertiary alicyclic amines) is 1. The minimum Gasteiger partial charge on any atom is -0.465 e. The normalized spacial score (nSPS) is 14.8. The maximum absolute atomic E-state index is 12.5. The van der Waals surface area contributed by atoms with Gasteiger partial charge in [0.15, 0.2) is 0 Å². The molecule has 3 rings (SSSR count). The van der Waals surface area contributed by atoms with E-state index >= 15 is 0 Å². The molecule has 2 aromatic rings. The number of piperidine rings is 1. The number of pyridine rings is 1. The average molecular weight is 353 g/mol. The topological polar surface area (TPSA) is 71.5 Å². The molecule has 0 atom stereocenters. The fourth-order valence-electron chi connectivity index (χ4n) is 2.94. The molecule has 1 fully saturated rings. The van der Waals surface area contributed by atoms with Crippen molar-refractivity contribution in [1.29, 1.82) is 0 Å². The number of nitrogens with one attached hydrogen (secondary N) is 1. The van der Waals surface area contributed by atoms with Gasteiger partial charge in [-0.05, 0) is 55.2 Å². The van der Waals surface area contributed by atoms with Crippen LogP contribution in [0, 0.1) is 5.92 Å². The number of carbonyl (C=O) groups excluding carboxylic acids is 2. The summed E-state index contributed by atoms with van der Waals surface area (Å²) in [5.41, 5.74) is 1.89. The third kappa shape index (κ3) is 4.20. The molecule has 1 aromatic heterocycles. The lowest BCUT2D eigenvalue weighted by Crippen LogP contribution is -2.37. The third-order valence-corrected chi connectivity index (χ3v) is 4.66. The lowest BCUT2D eigenvalue weighted by Gasteiger charge is -2.30. The Balaban J connectivity index is 1.62. The van der Waals surface area contributed by atoms with Crippen LogP contribution in [-0.4, -0.2) is 42.0 Å². The second-order valence-corrected chi connectivity index (χ2v) is 6.60. The molecule has 0 bridgehead atoms. The van der Waals surface area contributed by atoms with E-state index < -0.39 is 0 Å². The number of anilines is 2. The molecule has 6 nitrogen and oxygen atoms in total. The maximum Gasteiger partial charge on any atom is 0.337 e. The van der Waals surface area contributed by atoms with Crippen LogP contribution in [0.1, 0.15) is 40.5 Å². The average Bonchev–Trinajstić information content (AvgIpc) is 2.68. The quantitative estimate of drug-likeness (QED) is 0.852. The number of nitrogens with zero attached hydrogens (tertiary/aromatic N) is 2. The van der Waals surface area contributed by atoms with E-state index in [9.17, 15) is 9.59 Å². The van der Waals surface area contributed by atoms with Crippen LogP contribution in [0.25, 0.3) is 0 Å². The number of rotatable bonds is 4. The molecular formula is C20H23N3O3. The molecule has 1 aliphatic rings. The Morgan fingerprint density at radius 3 is 2.31 bits per heavy atom. The molecule has 0 unspecified atom stereocenters. The zero-order chi connectivity index (χ0) is 18.5. The maximum atomic E-state index is 12.5. The SMILES string of the molecule is COC(=O)c1ccc(Nc2ccc(C(=O)N3CCC(C)CC3)cn2)cc1. The lowest BCUT2D eigenvalue weighted by molar-refractivity contribution is 0.0600. The van der Waals surface area contributed by atoms with Gasteiger partial charge in [-0.3, -0.25) is 4.79 Å². The van der Waals surface area contributed by atoms with Gasteiger partial charge in [0, 0.05) is 25.0 Å². The molecule has 2 heterocycles. The van der Waals surface area contributed by atoms with Crippen LogP contribution >= 0.6 is 0 Å². The van der Waals surface area contributed by atoms with Crippen molar-refractivity contribution in [3.05, 3.63) is 53.7 Å². The number of hydrogen-bond acceptors (Lipinski definition) is 5. The number of benzene rings is 1. The Labute approximate surface area is 153 Å². The summed E-state index contributed by atoms with van der Waals surface area (Å²) < 4.78 is 4.68. The highest BCUT2D eigenvalue weighted by Crippen LogP contribution is 2.19. The zero-order valence-electron chi connectivity index (χ0n) is 15.1. The van der Waals surface area contributed by atoms with E-state index in [0.717, 1.165) is 31.6 Å². The number of hydrogen-bond donors (Lipinski definition) is 1. The Bertz CT molecular complexity index is 764. The summed E-state index contributed by atoms with van der Waals surface area (Å²) in [6.45, 7) is 3.85. The molecule has 6 heteroatoms. The minimum atomic E-state index is -0.371. The number of aromatic nitrogens is 1. The fraction of sp³-hybridized carbons (Fsp3) is 0.350. The Morgan fingerprint density at radius 2 is 1.73 bits per heavy atom. The second-order valence-electron chi connectivity index (χ2n) is 6.60. The number of esters is 1. The molecule has 136 valence electrons. The van der Waals surface area contributed by atoms with Gasteiger partial charge in [-0.25, -0.2) is 9.78 Å². The predicted molar refractivity (Wildman–Crippen MR) is 99.6 cm³/mol. The summed E-state index contributed by atoms with van der Waals surface area (Å²) >= 11 is 0. The fourth-order valence-corrected chi connectivity index (χ4v) is 2.94. The molecule has 0 saturated carbocycles. The van der Waals surface area contributed by atoms with Crippen LogP contribution in [0.4, 0.5) is 11.5 Å². The van der Waals surface area contributed by atoms with Crippen molar-refractivity contribution in [2.24, 2.45) is 5.92 Å². The van der Waals surface area contributed by atoms with Crippen molar-refractivity contribution in [2.75, 3.05) is 25.5 Å². The van der Waals surface area contributed by atoms with Crippen molar-refractivity contribution >= 4 is 23.4 Å². The molecular weight excluding hydrogens is 330 g/mol.